The van der Waals surface area contributed by atoms with Gasteiger partial charge < -0.3 is 19.7 Å². The van der Waals surface area contributed by atoms with Gasteiger partial charge in [0.25, 0.3) is 0 Å². The lowest BCUT2D eigenvalue weighted by molar-refractivity contribution is -0.150. The van der Waals surface area contributed by atoms with E-state index in [1.54, 1.807) is 88.4 Å². The second-order valence-corrected chi connectivity index (χ2v) is 11.6. The zero-order valence-corrected chi connectivity index (χ0v) is 27.9. The summed E-state index contributed by atoms with van der Waals surface area (Å²) in [5.41, 5.74) is 3.78. The molecule has 0 saturated heterocycles. The maximum absolute atomic E-state index is 12.5. The van der Waals surface area contributed by atoms with Crippen molar-refractivity contribution in [3.8, 4) is 0 Å². The molecule has 2 N–H and O–H groups in total. The van der Waals surface area contributed by atoms with Crippen molar-refractivity contribution in [2.24, 2.45) is 0 Å². The number of rotatable bonds is 14. The molecule has 4 aromatic rings. The van der Waals surface area contributed by atoms with Crippen molar-refractivity contribution in [2.75, 3.05) is 13.2 Å². The van der Waals surface area contributed by atoms with E-state index in [0.29, 0.717) is 35.1 Å². The van der Waals surface area contributed by atoms with Gasteiger partial charge in [-0.1, -0.05) is 97.1 Å². The van der Waals surface area contributed by atoms with Gasteiger partial charge in [-0.15, -0.1) is 0 Å². The summed E-state index contributed by atoms with van der Waals surface area (Å²) in [5.74, 6) is -1.82. The van der Waals surface area contributed by atoms with Crippen LogP contribution in [-0.2, 0) is 19.1 Å². The molecule has 4 unspecified atom stereocenters. The van der Waals surface area contributed by atoms with Crippen LogP contribution in [0.3, 0.4) is 0 Å². The van der Waals surface area contributed by atoms with Crippen LogP contribution in [0, 0.1) is 0 Å². The molecule has 4 rings (SSSR count). The minimum Gasteiger partial charge on any atom is -0.465 e. The summed E-state index contributed by atoms with van der Waals surface area (Å²) in [5, 5.41) is 18.1. The maximum atomic E-state index is 12.5. The second kappa shape index (κ2) is 19.0. The SMILES string of the molecule is CC(CCO)OC(=O)C(C)c1cccc(C(=O)c2ccccc2)c1.CC(O)CCOC(=O)C(C)c1cccc(C(=O)c2ccccc2)c1. The van der Waals surface area contributed by atoms with Crippen LogP contribution >= 0.6 is 0 Å². The smallest absolute Gasteiger partial charge is 0.313 e. The van der Waals surface area contributed by atoms with Gasteiger partial charge in [-0.25, -0.2) is 0 Å². The summed E-state index contributed by atoms with van der Waals surface area (Å²) in [6, 6.07) is 32.2. The highest BCUT2D eigenvalue weighted by Crippen LogP contribution is 2.22. The Morgan fingerprint density at radius 1 is 0.583 bits per heavy atom. The van der Waals surface area contributed by atoms with Crippen molar-refractivity contribution in [3.63, 3.8) is 0 Å². The zero-order valence-electron chi connectivity index (χ0n) is 27.9. The molecule has 0 bridgehead atoms. The Morgan fingerprint density at radius 3 is 1.46 bits per heavy atom. The van der Waals surface area contributed by atoms with Gasteiger partial charge in [0.15, 0.2) is 11.6 Å². The number of benzene rings is 4. The Morgan fingerprint density at radius 2 is 1.02 bits per heavy atom. The molecule has 0 radical (unpaired) electrons. The van der Waals surface area contributed by atoms with E-state index in [1.165, 1.54) is 0 Å². The Hall–Kier alpha value is -4.92. The highest BCUT2D eigenvalue weighted by molar-refractivity contribution is 6.09. The molecule has 0 aromatic heterocycles. The Kier molecular flexibility index (Phi) is 14.9. The average molecular weight is 653 g/mol. The monoisotopic (exact) mass is 652 g/mol. The predicted octanol–water partition coefficient (Wildman–Crippen LogP) is 6.67. The molecule has 0 aliphatic carbocycles. The Balaban J connectivity index is 0.000000260. The first-order chi connectivity index (χ1) is 23.0. The predicted molar refractivity (Wildman–Crippen MR) is 184 cm³/mol. The van der Waals surface area contributed by atoms with E-state index in [-0.39, 0.29) is 42.8 Å². The summed E-state index contributed by atoms with van der Waals surface area (Å²) in [4.78, 5) is 49.3. The van der Waals surface area contributed by atoms with E-state index >= 15 is 0 Å². The number of hydrogen-bond donors (Lipinski definition) is 2. The number of carbonyl (C=O) groups excluding carboxylic acids is 4. The molecular formula is C40H44O8. The topological polar surface area (TPSA) is 127 Å². The van der Waals surface area contributed by atoms with Crippen LogP contribution in [0.1, 0.15) is 95.3 Å². The van der Waals surface area contributed by atoms with Gasteiger partial charge in [-0.05, 0) is 51.0 Å². The first-order valence-corrected chi connectivity index (χ1v) is 16.1. The van der Waals surface area contributed by atoms with Gasteiger partial charge in [0.1, 0.15) is 6.10 Å². The van der Waals surface area contributed by atoms with Crippen LogP contribution in [0.5, 0.6) is 0 Å². The number of aliphatic hydroxyl groups is 2. The number of aliphatic hydroxyl groups excluding tert-OH is 2. The molecule has 0 fully saturated rings. The van der Waals surface area contributed by atoms with Crippen LogP contribution in [-0.4, -0.2) is 59.1 Å². The first-order valence-electron chi connectivity index (χ1n) is 16.1. The van der Waals surface area contributed by atoms with Crippen LogP contribution in [0.25, 0.3) is 0 Å². The Bertz CT molecular complexity index is 1630. The maximum Gasteiger partial charge on any atom is 0.313 e. The molecule has 0 spiro atoms. The number of carbonyl (C=O) groups is 4. The van der Waals surface area contributed by atoms with E-state index < -0.39 is 17.9 Å². The van der Waals surface area contributed by atoms with E-state index in [9.17, 15) is 24.3 Å². The summed E-state index contributed by atoms with van der Waals surface area (Å²) >= 11 is 0. The molecule has 0 aliphatic rings. The lowest BCUT2D eigenvalue weighted by Crippen LogP contribution is -2.20. The van der Waals surface area contributed by atoms with Crippen molar-refractivity contribution in [2.45, 2.75) is 64.6 Å². The van der Waals surface area contributed by atoms with Crippen molar-refractivity contribution >= 4 is 23.5 Å². The third-order valence-electron chi connectivity index (χ3n) is 7.71. The molecule has 4 aromatic carbocycles. The van der Waals surface area contributed by atoms with Gasteiger partial charge in [0, 0.05) is 41.7 Å². The molecular weight excluding hydrogens is 608 g/mol. The third-order valence-corrected chi connectivity index (χ3v) is 7.71. The van der Waals surface area contributed by atoms with Gasteiger partial charge in [-0.3, -0.25) is 19.2 Å². The molecule has 0 heterocycles. The van der Waals surface area contributed by atoms with E-state index in [4.69, 9.17) is 14.6 Å². The lowest BCUT2D eigenvalue weighted by Gasteiger charge is -2.16. The Labute approximate surface area is 282 Å². The molecule has 4 atom stereocenters. The molecule has 0 aliphatic heterocycles. The molecule has 0 amide bonds. The number of ketones is 2. The minimum absolute atomic E-state index is 0.0239. The summed E-state index contributed by atoms with van der Waals surface area (Å²) in [7, 11) is 0. The van der Waals surface area contributed by atoms with Crippen molar-refractivity contribution < 1.29 is 38.9 Å². The van der Waals surface area contributed by atoms with E-state index in [0.717, 1.165) is 11.1 Å². The molecule has 8 heteroatoms. The number of hydrogen-bond acceptors (Lipinski definition) is 8. The first kappa shape index (κ1) is 37.5. The quantitative estimate of drug-likeness (QED) is 0.114. The van der Waals surface area contributed by atoms with Crippen molar-refractivity contribution in [1.29, 1.82) is 0 Å². The molecule has 48 heavy (non-hydrogen) atoms. The average Bonchev–Trinajstić information content (AvgIpc) is 3.11. The van der Waals surface area contributed by atoms with Crippen molar-refractivity contribution in [3.05, 3.63) is 143 Å². The third kappa shape index (κ3) is 11.4. The van der Waals surface area contributed by atoms with Crippen molar-refractivity contribution in [1.82, 2.24) is 0 Å². The number of esters is 2. The van der Waals surface area contributed by atoms with Crippen LogP contribution in [0.4, 0.5) is 0 Å². The fourth-order valence-electron chi connectivity index (χ4n) is 4.68. The zero-order chi connectivity index (χ0) is 35.1. The van der Waals surface area contributed by atoms with Gasteiger partial charge in [0.05, 0.1) is 24.5 Å². The van der Waals surface area contributed by atoms with E-state index in [1.807, 2.05) is 48.5 Å². The summed E-state index contributed by atoms with van der Waals surface area (Å²) in [6.45, 7) is 7.05. The van der Waals surface area contributed by atoms with Gasteiger partial charge in [-0.2, -0.15) is 0 Å². The van der Waals surface area contributed by atoms with Crippen LogP contribution < -0.4 is 0 Å². The molecule has 8 nitrogen and oxygen atoms in total. The fraction of sp³-hybridized carbons (Fsp3) is 0.300. The molecule has 252 valence electrons. The largest absolute Gasteiger partial charge is 0.465 e. The highest BCUT2D eigenvalue weighted by atomic mass is 16.5. The fourth-order valence-corrected chi connectivity index (χ4v) is 4.68. The summed E-state index contributed by atoms with van der Waals surface area (Å²) < 4.78 is 10.5. The number of ether oxygens (including phenoxy) is 2. The van der Waals surface area contributed by atoms with Gasteiger partial charge in [0.2, 0.25) is 0 Å². The lowest BCUT2D eigenvalue weighted by atomic mass is 9.96. The highest BCUT2D eigenvalue weighted by Gasteiger charge is 2.21. The van der Waals surface area contributed by atoms with Gasteiger partial charge >= 0.3 is 11.9 Å². The summed E-state index contributed by atoms with van der Waals surface area (Å²) in [6.07, 6.45) is -0.0188. The standard InChI is InChI=1S/2C20H22O4/c1-14(21)11-12-24-20(23)15(2)17-9-6-10-18(13-17)19(22)16-7-4-3-5-8-16;1-14(11-12-21)24-20(23)15(2)17-9-6-10-18(13-17)19(22)16-7-4-3-5-8-16/h2*3-10,13-15,21H,11-12H2,1-2H3. The van der Waals surface area contributed by atoms with Crippen LogP contribution in [0.2, 0.25) is 0 Å². The van der Waals surface area contributed by atoms with E-state index in [2.05, 4.69) is 0 Å². The minimum atomic E-state index is -0.500. The normalized spacial score (nSPS) is 13.1. The van der Waals surface area contributed by atoms with Crippen LogP contribution in [0.15, 0.2) is 109 Å². The molecule has 0 saturated carbocycles. The second-order valence-electron chi connectivity index (χ2n) is 11.6.